The maximum absolute atomic E-state index is 9.72. The van der Waals surface area contributed by atoms with E-state index in [1.54, 1.807) is 12.3 Å². The Bertz CT molecular complexity index is 319. The Morgan fingerprint density at radius 1 is 1.31 bits per heavy atom. The van der Waals surface area contributed by atoms with Crippen LogP contribution in [0.1, 0.15) is 0 Å². The molecule has 1 unspecified atom stereocenters. The standard InChI is InChI=1S/C9H14N2O5/c12-3-4-7(13)8(14)6(9(15)16-4)11-5-1-2-10-5/h1-2,4,6-9,12-15H,3H2,(H,10,11)/t4-,6-,7+,8-,9?/m1/s1. The van der Waals surface area contributed by atoms with Crippen LogP contribution in [0.3, 0.4) is 0 Å². The third kappa shape index (κ3) is 1.95. The van der Waals surface area contributed by atoms with E-state index >= 15 is 0 Å². The molecule has 2 aliphatic rings. The number of nitrogens with zero attached hydrogens (tertiary/aromatic N) is 1. The van der Waals surface area contributed by atoms with Gasteiger partial charge in [-0.3, -0.25) is 4.99 Å². The van der Waals surface area contributed by atoms with Gasteiger partial charge in [-0.15, -0.1) is 0 Å². The van der Waals surface area contributed by atoms with Crippen LogP contribution in [-0.4, -0.2) is 63.5 Å². The number of hydrogen-bond acceptors (Lipinski definition) is 6. The van der Waals surface area contributed by atoms with Crippen molar-refractivity contribution in [3.8, 4) is 0 Å². The smallest absolute Gasteiger partial charge is 0.180 e. The molecule has 2 rings (SSSR count). The summed E-state index contributed by atoms with van der Waals surface area (Å²) in [5.41, 5.74) is 0. The van der Waals surface area contributed by atoms with Crippen LogP contribution in [-0.2, 0) is 4.74 Å². The summed E-state index contributed by atoms with van der Waals surface area (Å²) < 4.78 is 4.94. The number of rotatable bonds is 2. The highest BCUT2D eigenvalue weighted by Crippen LogP contribution is 2.22. The number of hydrogen-bond donors (Lipinski definition) is 5. The highest BCUT2D eigenvalue weighted by molar-refractivity contribution is 5.98. The summed E-state index contributed by atoms with van der Waals surface area (Å²) in [5.74, 6) is 0.501. The highest BCUT2D eigenvalue weighted by atomic mass is 16.6. The van der Waals surface area contributed by atoms with Crippen LogP contribution in [0.25, 0.3) is 0 Å². The van der Waals surface area contributed by atoms with Crippen LogP contribution in [0, 0.1) is 0 Å². The molecule has 0 radical (unpaired) electrons. The molecule has 5 N–H and O–H groups in total. The molecule has 90 valence electrons. The first-order valence-electron chi connectivity index (χ1n) is 4.95. The summed E-state index contributed by atoms with van der Waals surface area (Å²) in [6, 6.07) is -0.967. The van der Waals surface area contributed by atoms with Gasteiger partial charge in [0.15, 0.2) is 6.29 Å². The number of nitrogens with one attached hydrogen (secondary N) is 1. The van der Waals surface area contributed by atoms with E-state index in [0.29, 0.717) is 5.84 Å². The van der Waals surface area contributed by atoms with E-state index in [9.17, 15) is 15.3 Å². The lowest BCUT2D eigenvalue weighted by atomic mass is 9.97. The molecule has 2 heterocycles. The third-order valence-electron chi connectivity index (χ3n) is 2.63. The maximum atomic E-state index is 9.72. The van der Waals surface area contributed by atoms with E-state index in [4.69, 9.17) is 9.84 Å². The molecule has 1 saturated heterocycles. The molecule has 0 bridgehead atoms. The fourth-order valence-corrected chi connectivity index (χ4v) is 1.62. The summed E-state index contributed by atoms with van der Waals surface area (Å²) in [5, 5.41) is 40.4. The zero-order valence-electron chi connectivity index (χ0n) is 8.39. The van der Waals surface area contributed by atoms with Gasteiger partial charge in [-0.05, 0) is 6.08 Å². The van der Waals surface area contributed by atoms with E-state index < -0.39 is 37.3 Å². The summed E-state index contributed by atoms with van der Waals surface area (Å²) in [7, 11) is 0. The van der Waals surface area contributed by atoms with E-state index in [0.717, 1.165) is 0 Å². The first-order valence-corrected chi connectivity index (χ1v) is 4.95. The molecule has 0 aromatic carbocycles. The summed E-state index contributed by atoms with van der Waals surface area (Å²) in [4.78, 5) is 3.97. The van der Waals surface area contributed by atoms with Crippen molar-refractivity contribution in [1.29, 1.82) is 0 Å². The number of aliphatic hydroxyl groups excluding tert-OH is 4. The van der Waals surface area contributed by atoms with Gasteiger partial charge < -0.3 is 30.5 Å². The van der Waals surface area contributed by atoms with Gasteiger partial charge in [0.25, 0.3) is 0 Å². The summed E-state index contributed by atoms with van der Waals surface area (Å²) >= 11 is 0. The Morgan fingerprint density at radius 2 is 2.00 bits per heavy atom. The van der Waals surface area contributed by atoms with Gasteiger partial charge in [0.05, 0.1) is 6.61 Å². The second-order valence-corrected chi connectivity index (χ2v) is 3.71. The zero-order chi connectivity index (χ0) is 11.7. The molecule has 1 fully saturated rings. The van der Waals surface area contributed by atoms with Crippen molar-refractivity contribution in [2.75, 3.05) is 6.61 Å². The lowest BCUT2D eigenvalue weighted by Crippen LogP contribution is -2.58. The minimum atomic E-state index is -1.35. The summed E-state index contributed by atoms with van der Waals surface area (Å²) in [6.45, 7) is -0.475. The Morgan fingerprint density at radius 3 is 2.50 bits per heavy atom. The Hall–Kier alpha value is -0.990. The molecule has 7 heteroatoms. The van der Waals surface area contributed by atoms with Crippen LogP contribution in [0.15, 0.2) is 17.3 Å². The van der Waals surface area contributed by atoms with Gasteiger partial charge in [-0.25, -0.2) is 0 Å². The van der Waals surface area contributed by atoms with E-state index in [1.165, 1.54) is 0 Å². The van der Waals surface area contributed by atoms with Gasteiger partial charge in [0.1, 0.15) is 30.2 Å². The second-order valence-electron chi connectivity index (χ2n) is 3.71. The molecule has 0 aliphatic carbocycles. The van der Waals surface area contributed by atoms with E-state index in [2.05, 4.69) is 10.3 Å². The molecule has 7 nitrogen and oxygen atoms in total. The van der Waals surface area contributed by atoms with Crippen LogP contribution in [0.5, 0.6) is 0 Å². The van der Waals surface area contributed by atoms with Crippen molar-refractivity contribution in [2.45, 2.75) is 30.6 Å². The highest BCUT2D eigenvalue weighted by Gasteiger charge is 2.43. The molecule has 0 aromatic heterocycles. The van der Waals surface area contributed by atoms with Crippen LogP contribution < -0.4 is 5.32 Å². The number of aliphatic imine (C=N–C) groups is 1. The average Bonchev–Trinajstić information content (AvgIpc) is 2.21. The van der Waals surface area contributed by atoms with Crippen molar-refractivity contribution in [3.63, 3.8) is 0 Å². The Balaban J connectivity index is 2.10. The van der Waals surface area contributed by atoms with Crippen molar-refractivity contribution >= 4 is 5.84 Å². The van der Waals surface area contributed by atoms with Gasteiger partial charge in [-0.1, -0.05) is 0 Å². The molecule has 0 amide bonds. The maximum Gasteiger partial charge on any atom is 0.180 e. The van der Waals surface area contributed by atoms with E-state index in [1.807, 2.05) is 0 Å². The number of aliphatic hydroxyl groups is 4. The molecular formula is C9H14N2O5. The predicted octanol–water partition coefficient (Wildman–Crippen LogP) is -2.70. The third-order valence-corrected chi connectivity index (χ3v) is 2.63. The largest absolute Gasteiger partial charge is 0.394 e. The predicted molar refractivity (Wildman–Crippen MR) is 53.5 cm³/mol. The minimum Gasteiger partial charge on any atom is -0.394 e. The lowest BCUT2D eigenvalue weighted by Gasteiger charge is -2.38. The van der Waals surface area contributed by atoms with Gasteiger partial charge in [0.2, 0.25) is 0 Å². The molecule has 5 atom stereocenters. The quantitative estimate of drug-likeness (QED) is 0.353. The van der Waals surface area contributed by atoms with E-state index in [-0.39, 0.29) is 0 Å². The average molecular weight is 230 g/mol. The van der Waals surface area contributed by atoms with Gasteiger partial charge >= 0.3 is 0 Å². The summed E-state index contributed by atoms with van der Waals surface area (Å²) in [6.07, 6.45) is -1.58. The normalized spacial score (nSPS) is 45.2. The van der Waals surface area contributed by atoms with Crippen LogP contribution in [0.2, 0.25) is 0 Å². The molecular weight excluding hydrogens is 216 g/mol. The number of ether oxygens (including phenoxy) is 1. The molecule has 0 aromatic rings. The molecule has 2 aliphatic heterocycles. The fraction of sp³-hybridized carbons (Fsp3) is 0.667. The van der Waals surface area contributed by atoms with Crippen molar-refractivity contribution in [2.24, 2.45) is 4.99 Å². The molecule has 16 heavy (non-hydrogen) atoms. The zero-order valence-corrected chi connectivity index (χ0v) is 8.39. The van der Waals surface area contributed by atoms with Gasteiger partial charge in [0, 0.05) is 6.20 Å². The molecule has 0 spiro atoms. The fourth-order valence-electron chi connectivity index (χ4n) is 1.62. The Kier molecular flexibility index (Phi) is 3.22. The van der Waals surface area contributed by atoms with Crippen molar-refractivity contribution in [3.05, 3.63) is 12.3 Å². The monoisotopic (exact) mass is 230 g/mol. The van der Waals surface area contributed by atoms with Gasteiger partial charge in [-0.2, -0.15) is 0 Å². The SMILES string of the molecule is OC[C@H]1OC(O)[C@H](N=C2C=CN2)[C@@H](O)[C@H]1O. The Labute approximate surface area is 91.7 Å². The number of amidine groups is 1. The molecule has 0 saturated carbocycles. The lowest BCUT2D eigenvalue weighted by molar-refractivity contribution is -0.248. The van der Waals surface area contributed by atoms with Crippen molar-refractivity contribution < 1.29 is 25.2 Å². The van der Waals surface area contributed by atoms with Crippen LogP contribution in [0.4, 0.5) is 0 Å². The first-order chi connectivity index (χ1) is 7.63. The first kappa shape index (κ1) is 11.5. The van der Waals surface area contributed by atoms with Crippen molar-refractivity contribution in [1.82, 2.24) is 5.32 Å². The minimum absolute atomic E-state index is 0.475. The second kappa shape index (κ2) is 4.48. The van der Waals surface area contributed by atoms with Crippen LogP contribution >= 0.6 is 0 Å². The topological polar surface area (TPSA) is 115 Å².